The van der Waals surface area contributed by atoms with E-state index in [1.165, 1.54) is 23.5 Å². The van der Waals surface area contributed by atoms with Crippen molar-refractivity contribution in [1.82, 2.24) is 9.88 Å². The van der Waals surface area contributed by atoms with Gasteiger partial charge in [0.25, 0.3) is 5.91 Å². The highest BCUT2D eigenvalue weighted by molar-refractivity contribution is 7.11. The van der Waals surface area contributed by atoms with E-state index in [0.29, 0.717) is 6.54 Å². The van der Waals surface area contributed by atoms with Crippen LogP contribution in [0, 0.1) is 12.7 Å². The number of hydrogen-bond donors (Lipinski definition) is 1. The zero-order valence-electron chi connectivity index (χ0n) is 12.4. The van der Waals surface area contributed by atoms with Crippen LogP contribution < -0.4 is 5.32 Å². The second-order valence-electron chi connectivity index (χ2n) is 5.51. The molecule has 0 radical (unpaired) electrons. The van der Waals surface area contributed by atoms with Crippen LogP contribution in [-0.4, -0.2) is 34.9 Å². The molecule has 1 aliphatic heterocycles. The Kier molecular flexibility index (Phi) is 4.38. The van der Waals surface area contributed by atoms with Crippen LogP contribution in [0.3, 0.4) is 0 Å². The number of aryl methyl sites for hydroxylation is 1. The van der Waals surface area contributed by atoms with Gasteiger partial charge in [-0.3, -0.25) is 4.79 Å². The van der Waals surface area contributed by atoms with Crippen LogP contribution in [0.2, 0.25) is 0 Å². The second kappa shape index (κ2) is 6.44. The first-order valence-corrected chi connectivity index (χ1v) is 8.23. The number of aromatic nitrogens is 1. The number of carbonyl (C=O) groups is 1. The highest BCUT2D eigenvalue weighted by Gasteiger charge is 2.26. The van der Waals surface area contributed by atoms with Crippen molar-refractivity contribution < 1.29 is 9.18 Å². The van der Waals surface area contributed by atoms with Crippen molar-refractivity contribution >= 4 is 22.9 Å². The van der Waals surface area contributed by atoms with Gasteiger partial charge >= 0.3 is 0 Å². The Balaban J connectivity index is 1.65. The van der Waals surface area contributed by atoms with Gasteiger partial charge in [-0.25, -0.2) is 9.37 Å². The number of likely N-dealkylation sites (tertiary alicyclic amines) is 1. The van der Waals surface area contributed by atoms with Crippen molar-refractivity contribution in [2.24, 2.45) is 0 Å². The fourth-order valence-corrected chi connectivity index (χ4v) is 3.48. The van der Waals surface area contributed by atoms with E-state index < -0.39 is 0 Å². The smallest absolute Gasteiger partial charge is 0.265 e. The number of halogens is 1. The molecule has 2 heterocycles. The number of rotatable bonds is 3. The zero-order valence-corrected chi connectivity index (χ0v) is 13.2. The standard InChI is InChI=1S/C16H18FN3OS/c1-11-15(22-10-18-11)16(21)20-8-2-3-14(9-20)19-13-6-4-12(17)5-7-13/h4-7,10,14,19H,2-3,8-9H2,1H3/t14-/m0/s1. The number of nitrogens with zero attached hydrogens (tertiary/aromatic N) is 2. The van der Waals surface area contributed by atoms with E-state index in [1.807, 2.05) is 11.8 Å². The highest BCUT2D eigenvalue weighted by atomic mass is 32.1. The summed E-state index contributed by atoms with van der Waals surface area (Å²) in [6, 6.07) is 6.52. The van der Waals surface area contributed by atoms with Crippen LogP contribution in [0.1, 0.15) is 28.2 Å². The van der Waals surface area contributed by atoms with Crippen LogP contribution in [0.25, 0.3) is 0 Å². The van der Waals surface area contributed by atoms with Crippen molar-refractivity contribution in [3.63, 3.8) is 0 Å². The normalized spacial score (nSPS) is 18.3. The number of anilines is 1. The predicted molar refractivity (Wildman–Crippen MR) is 85.8 cm³/mol. The van der Waals surface area contributed by atoms with E-state index in [-0.39, 0.29) is 17.8 Å². The Hall–Kier alpha value is -1.95. The summed E-state index contributed by atoms with van der Waals surface area (Å²) in [5.41, 5.74) is 3.39. The Bertz CT molecular complexity index is 656. The van der Waals surface area contributed by atoms with Crippen LogP contribution in [0.4, 0.5) is 10.1 Å². The molecule has 3 rings (SSSR count). The fraction of sp³-hybridized carbons (Fsp3) is 0.375. The lowest BCUT2D eigenvalue weighted by molar-refractivity contribution is 0.0719. The van der Waals surface area contributed by atoms with Gasteiger partial charge in [0.15, 0.2) is 0 Å². The number of thiazole rings is 1. The van der Waals surface area contributed by atoms with Gasteiger partial charge in [0.1, 0.15) is 10.7 Å². The molecular formula is C16H18FN3OS. The van der Waals surface area contributed by atoms with Gasteiger partial charge < -0.3 is 10.2 Å². The molecule has 2 aromatic rings. The monoisotopic (exact) mass is 319 g/mol. The summed E-state index contributed by atoms with van der Waals surface area (Å²) in [5, 5.41) is 3.38. The minimum absolute atomic E-state index is 0.0607. The van der Waals surface area contributed by atoms with E-state index in [9.17, 15) is 9.18 Å². The lowest BCUT2D eigenvalue weighted by Gasteiger charge is -2.33. The minimum atomic E-state index is -0.244. The van der Waals surface area contributed by atoms with Gasteiger partial charge in [-0.1, -0.05) is 0 Å². The molecule has 1 atom stereocenters. The quantitative estimate of drug-likeness (QED) is 0.944. The number of amides is 1. The molecule has 0 aliphatic carbocycles. The molecule has 116 valence electrons. The average molecular weight is 319 g/mol. The first-order chi connectivity index (χ1) is 10.6. The summed E-state index contributed by atoms with van der Waals surface area (Å²) in [5.74, 6) is -0.183. The van der Waals surface area contributed by atoms with Crippen LogP contribution in [0.5, 0.6) is 0 Å². The molecule has 0 unspecified atom stereocenters. The molecule has 1 aromatic heterocycles. The maximum atomic E-state index is 12.9. The van der Waals surface area contributed by atoms with Crippen molar-refractivity contribution in [3.8, 4) is 0 Å². The molecule has 1 saturated heterocycles. The summed E-state index contributed by atoms with van der Waals surface area (Å²) in [7, 11) is 0. The van der Waals surface area contributed by atoms with Gasteiger partial charge in [0.05, 0.1) is 11.2 Å². The maximum Gasteiger partial charge on any atom is 0.265 e. The van der Waals surface area contributed by atoms with E-state index >= 15 is 0 Å². The number of piperidine rings is 1. The molecule has 1 amide bonds. The first kappa shape index (κ1) is 15.0. The molecule has 1 aromatic carbocycles. The van der Waals surface area contributed by atoms with Gasteiger partial charge in [0.2, 0.25) is 0 Å². The van der Waals surface area contributed by atoms with Crippen molar-refractivity contribution in [1.29, 1.82) is 0 Å². The summed E-state index contributed by atoms with van der Waals surface area (Å²) in [6.45, 7) is 3.30. The Morgan fingerprint density at radius 3 is 2.86 bits per heavy atom. The fourth-order valence-electron chi connectivity index (χ4n) is 2.71. The Labute approximate surface area is 133 Å². The molecule has 0 spiro atoms. The molecule has 6 heteroatoms. The predicted octanol–water partition coefficient (Wildman–Crippen LogP) is 3.31. The molecule has 1 N–H and O–H groups in total. The largest absolute Gasteiger partial charge is 0.381 e. The number of hydrogen-bond acceptors (Lipinski definition) is 4. The summed E-state index contributed by atoms with van der Waals surface area (Å²) in [6.07, 6.45) is 1.96. The maximum absolute atomic E-state index is 12.9. The Morgan fingerprint density at radius 2 is 2.18 bits per heavy atom. The van der Waals surface area contributed by atoms with Crippen LogP contribution in [-0.2, 0) is 0 Å². The molecule has 0 bridgehead atoms. The average Bonchev–Trinajstić information content (AvgIpc) is 2.95. The highest BCUT2D eigenvalue weighted by Crippen LogP contribution is 2.21. The lowest BCUT2D eigenvalue weighted by atomic mass is 10.0. The molecule has 1 fully saturated rings. The van der Waals surface area contributed by atoms with Gasteiger partial charge in [0, 0.05) is 24.8 Å². The number of carbonyl (C=O) groups excluding carboxylic acids is 1. The van der Waals surface area contributed by atoms with Crippen molar-refractivity contribution in [2.45, 2.75) is 25.8 Å². The van der Waals surface area contributed by atoms with E-state index in [1.54, 1.807) is 17.6 Å². The third-order valence-corrected chi connectivity index (χ3v) is 4.78. The molecule has 1 aliphatic rings. The minimum Gasteiger partial charge on any atom is -0.381 e. The number of nitrogens with one attached hydrogen (secondary N) is 1. The third-order valence-electron chi connectivity index (χ3n) is 3.86. The van der Waals surface area contributed by atoms with Crippen molar-refractivity contribution in [2.75, 3.05) is 18.4 Å². The number of benzene rings is 1. The second-order valence-corrected chi connectivity index (χ2v) is 6.36. The van der Waals surface area contributed by atoms with Crippen LogP contribution >= 0.6 is 11.3 Å². The topological polar surface area (TPSA) is 45.2 Å². The molecule has 22 heavy (non-hydrogen) atoms. The summed E-state index contributed by atoms with van der Waals surface area (Å²) in [4.78, 5) is 19.3. The van der Waals surface area contributed by atoms with E-state index in [0.717, 1.165) is 35.6 Å². The SMILES string of the molecule is Cc1ncsc1C(=O)N1CCC[C@H](Nc2ccc(F)cc2)C1. The van der Waals surface area contributed by atoms with Gasteiger partial charge in [-0.2, -0.15) is 0 Å². The van der Waals surface area contributed by atoms with E-state index in [2.05, 4.69) is 10.3 Å². The summed E-state index contributed by atoms with van der Waals surface area (Å²) < 4.78 is 12.9. The van der Waals surface area contributed by atoms with Crippen LogP contribution in [0.15, 0.2) is 29.8 Å². The Morgan fingerprint density at radius 1 is 1.41 bits per heavy atom. The lowest BCUT2D eigenvalue weighted by Crippen LogP contribution is -2.45. The van der Waals surface area contributed by atoms with Gasteiger partial charge in [-0.15, -0.1) is 11.3 Å². The van der Waals surface area contributed by atoms with Gasteiger partial charge in [-0.05, 0) is 44.0 Å². The van der Waals surface area contributed by atoms with E-state index in [4.69, 9.17) is 0 Å². The zero-order chi connectivity index (χ0) is 15.5. The molecule has 0 saturated carbocycles. The summed E-state index contributed by atoms with van der Waals surface area (Å²) >= 11 is 1.39. The molecular weight excluding hydrogens is 301 g/mol. The first-order valence-electron chi connectivity index (χ1n) is 7.35. The third kappa shape index (κ3) is 3.27. The van der Waals surface area contributed by atoms with Crippen molar-refractivity contribution in [3.05, 3.63) is 46.2 Å². The molecule has 4 nitrogen and oxygen atoms in total.